The number of aryl methyl sites for hydroxylation is 1. The first-order chi connectivity index (χ1) is 11.9. The number of rotatable bonds is 6. The van der Waals surface area contributed by atoms with Crippen LogP contribution < -0.4 is 10.6 Å². The van der Waals surface area contributed by atoms with Crippen LogP contribution in [0.2, 0.25) is 0 Å². The van der Waals surface area contributed by atoms with Crippen molar-refractivity contribution in [3.05, 3.63) is 56.2 Å². The summed E-state index contributed by atoms with van der Waals surface area (Å²) in [6.07, 6.45) is 0. The first kappa shape index (κ1) is 19.1. The predicted molar refractivity (Wildman–Crippen MR) is 98.4 cm³/mol. The molecule has 1 atom stereocenters. The number of nitrogens with one attached hydrogen (secondary N) is 2. The number of carbonyl (C=O) groups is 3. The van der Waals surface area contributed by atoms with E-state index in [4.69, 9.17) is 4.74 Å². The van der Waals surface area contributed by atoms with E-state index in [0.717, 1.165) is 9.35 Å². The molecule has 1 aromatic carbocycles. The maximum Gasteiger partial charge on any atom is 0.333 e. The second-order valence-electron chi connectivity index (χ2n) is 5.17. The number of thiophene rings is 1. The van der Waals surface area contributed by atoms with E-state index in [1.54, 1.807) is 30.3 Å². The number of methoxy groups -OCH3 is 1. The monoisotopic (exact) mass is 424 g/mol. The number of ether oxygens (including phenoxy) is 1. The number of carbonyl (C=O) groups excluding carboxylic acids is 3. The first-order valence-corrected chi connectivity index (χ1v) is 8.99. The molecule has 0 aliphatic heterocycles. The molecule has 0 fully saturated rings. The Bertz CT molecular complexity index is 773. The maximum absolute atomic E-state index is 12.1. The number of hydrogen-bond acceptors (Lipinski definition) is 5. The Balaban J connectivity index is 1.98. The molecule has 6 nitrogen and oxygen atoms in total. The Morgan fingerprint density at radius 2 is 1.84 bits per heavy atom. The van der Waals surface area contributed by atoms with Crippen LogP contribution in [0.25, 0.3) is 0 Å². The van der Waals surface area contributed by atoms with Crippen LogP contribution in [-0.4, -0.2) is 31.4 Å². The lowest BCUT2D eigenvalue weighted by molar-refractivity contribution is -0.145. The van der Waals surface area contributed by atoms with Crippen LogP contribution in [0.15, 0.2) is 40.9 Å². The SMILES string of the molecule is COC(=O)C(NC(=O)CNC(=O)c1ccc(C)s1)c1ccc(Br)cc1. The standard InChI is InChI=1S/C17H17BrN2O4S/c1-10-3-8-13(25-10)16(22)19-9-14(21)20-15(17(23)24-2)11-4-6-12(18)7-5-11/h3-8,15H,9H2,1-2H3,(H,19,22)(H,20,21). The minimum Gasteiger partial charge on any atom is -0.467 e. The molecule has 0 radical (unpaired) electrons. The lowest BCUT2D eigenvalue weighted by atomic mass is 10.1. The molecule has 2 amide bonds. The molecule has 132 valence electrons. The molecule has 0 aliphatic rings. The van der Waals surface area contributed by atoms with Crippen molar-refractivity contribution in [2.24, 2.45) is 0 Å². The molecule has 0 spiro atoms. The maximum atomic E-state index is 12.1. The Hall–Kier alpha value is -2.19. The normalized spacial score (nSPS) is 11.5. The van der Waals surface area contributed by atoms with Crippen molar-refractivity contribution in [3.63, 3.8) is 0 Å². The van der Waals surface area contributed by atoms with Gasteiger partial charge >= 0.3 is 5.97 Å². The topological polar surface area (TPSA) is 84.5 Å². The highest BCUT2D eigenvalue weighted by Crippen LogP contribution is 2.18. The summed E-state index contributed by atoms with van der Waals surface area (Å²) in [7, 11) is 1.25. The zero-order valence-electron chi connectivity index (χ0n) is 13.7. The third-order valence-corrected chi connectivity index (χ3v) is 4.85. The smallest absolute Gasteiger partial charge is 0.333 e. The molecule has 25 heavy (non-hydrogen) atoms. The van der Waals surface area contributed by atoms with Gasteiger partial charge in [0.1, 0.15) is 0 Å². The van der Waals surface area contributed by atoms with Gasteiger partial charge in [-0.2, -0.15) is 0 Å². The first-order valence-electron chi connectivity index (χ1n) is 7.38. The highest BCUT2D eigenvalue weighted by atomic mass is 79.9. The average Bonchev–Trinajstić information content (AvgIpc) is 3.04. The Kier molecular flexibility index (Phi) is 6.72. The van der Waals surface area contributed by atoms with Gasteiger partial charge < -0.3 is 15.4 Å². The Morgan fingerprint density at radius 1 is 1.16 bits per heavy atom. The lowest BCUT2D eigenvalue weighted by Crippen LogP contribution is -2.41. The Labute approximate surface area is 157 Å². The summed E-state index contributed by atoms with van der Waals surface area (Å²) >= 11 is 4.66. The van der Waals surface area contributed by atoms with Crippen molar-refractivity contribution in [1.29, 1.82) is 0 Å². The molecule has 0 aliphatic carbocycles. The van der Waals surface area contributed by atoms with Crippen molar-refractivity contribution in [2.45, 2.75) is 13.0 Å². The fourth-order valence-corrected chi connectivity index (χ4v) is 3.12. The fraction of sp³-hybridized carbons (Fsp3) is 0.235. The van der Waals surface area contributed by atoms with E-state index in [0.29, 0.717) is 10.4 Å². The minimum absolute atomic E-state index is 0.236. The van der Waals surface area contributed by atoms with Crippen molar-refractivity contribution in [3.8, 4) is 0 Å². The summed E-state index contributed by atoms with van der Waals surface area (Å²) in [5, 5.41) is 5.11. The van der Waals surface area contributed by atoms with E-state index >= 15 is 0 Å². The zero-order chi connectivity index (χ0) is 18.4. The molecule has 2 rings (SSSR count). The number of amides is 2. The number of hydrogen-bond donors (Lipinski definition) is 2. The lowest BCUT2D eigenvalue weighted by Gasteiger charge is -2.17. The van der Waals surface area contributed by atoms with Crippen molar-refractivity contribution in [2.75, 3.05) is 13.7 Å². The largest absolute Gasteiger partial charge is 0.467 e. The van der Waals surface area contributed by atoms with Gasteiger partial charge in [0.2, 0.25) is 5.91 Å². The van der Waals surface area contributed by atoms with Gasteiger partial charge in [0.25, 0.3) is 5.91 Å². The molecule has 2 N–H and O–H groups in total. The minimum atomic E-state index is -0.938. The van der Waals surface area contributed by atoms with Gasteiger partial charge in [0, 0.05) is 9.35 Å². The molecular weight excluding hydrogens is 408 g/mol. The molecule has 8 heteroatoms. The summed E-state index contributed by atoms with van der Waals surface area (Å²) < 4.78 is 5.60. The second-order valence-corrected chi connectivity index (χ2v) is 7.37. The van der Waals surface area contributed by atoms with Crippen LogP contribution in [0.3, 0.4) is 0 Å². The molecule has 1 heterocycles. The molecule has 1 aromatic heterocycles. The van der Waals surface area contributed by atoms with E-state index in [-0.39, 0.29) is 12.5 Å². The second kappa shape index (κ2) is 8.77. The number of halogens is 1. The van der Waals surface area contributed by atoms with Crippen molar-refractivity contribution >= 4 is 45.1 Å². The van der Waals surface area contributed by atoms with Crippen molar-refractivity contribution < 1.29 is 19.1 Å². The van der Waals surface area contributed by atoms with Gasteiger partial charge in [-0.3, -0.25) is 9.59 Å². The highest BCUT2D eigenvalue weighted by molar-refractivity contribution is 9.10. The number of benzene rings is 1. The molecule has 1 unspecified atom stereocenters. The third kappa shape index (κ3) is 5.40. The van der Waals surface area contributed by atoms with E-state index in [2.05, 4.69) is 26.6 Å². The Morgan fingerprint density at radius 3 is 2.40 bits per heavy atom. The summed E-state index contributed by atoms with van der Waals surface area (Å²) in [4.78, 5) is 37.6. The zero-order valence-corrected chi connectivity index (χ0v) is 16.1. The van der Waals surface area contributed by atoms with Crippen LogP contribution in [0, 0.1) is 6.92 Å². The predicted octanol–water partition coefficient (Wildman–Crippen LogP) is 2.58. The molecule has 0 bridgehead atoms. The van der Waals surface area contributed by atoms with Crippen LogP contribution >= 0.6 is 27.3 Å². The van der Waals surface area contributed by atoms with Crippen LogP contribution in [0.5, 0.6) is 0 Å². The molecule has 0 saturated heterocycles. The van der Waals surface area contributed by atoms with Crippen LogP contribution in [0.4, 0.5) is 0 Å². The summed E-state index contributed by atoms with van der Waals surface area (Å²) in [6, 6.07) is 9.54. The van der Waals surface area contributed by atoms with E-state index in [9.17, 15) is 14.4 Å². The van der Waals surface area contributed by atoms with Gasteiger partial charge in [-0.05, 0) is 36.8 Å². The van der Waals surface area contributed by atoms with E-state index < -0.39 is 17.9 Å². The van der Waals surface area contributed by atoms with Gasteiger partial charge in [0.05, 0.1) is 18.5 Å². The summed E-state index contributed by atoms with van der Waals surface area (Å²) in [6.45, 7) is 1.66. The number of esters is 1. The highest BCUT2D eigenvalue weighted by Gasteiger charge is 2.23. The van der Waals surface area contributed by atoms with Crippen molar-refractivity contribution in [1.82, 2.24) is 10.6 Å². The fourth-order valence-electron chi connectivity index (χ4n) is 2.07. The van der Waals surface area contributed by atoms with Gasteiger partial charge in [0.15, 0.2) is 6.04 Å². The molecular formula is C17H17BrN2O4S. The van der Waals surface area contributed by atoms with Gasteiger partial charge in [-0.15, -0.1) is 11.3 Å². The quantitative estimate of drug-likeness (QED) is 0.697. The van der Waals surface area contributed by atoms with E-state index in [1.807, 2.05) is 13.0 Å². The summed E-state index contributed by atoms with van der Waals surface area (Å²) in [5.74, 6) is -1.40. The molecule has 0 saturated carbocycles. The third-order valence-electron chi connectivity index (χ3n) is 3.32. The van der Waals surface area contributed by atoms with E-state index in [1.165, 1.54) is 18.4 Å². The van der Waals surface area contributed by atoms with Crippen LogP contribution in [-0.2, 0) is 14.3 Å². The average molecular weight is 425 g/mol. The summed E-state index contributed by atoms with van der Waals surface area (Å²) in [5.41, 5.74) is 0.587. The van der Waals surface area contributed by atoms with Gasteiger partial charge in [-0.1, -0.05) is 28.1 Å². The molecule has 2 aromatic rings. The van der Waals surface area contributed by atoms with Crippen LogP contribution in [0.1, 0.15) is 26.2 Å². The van der Waals surface area contributed by atoms with Gasteiger partial charge in [-0.25, -0.2) is 4.79 Å².